The Morgan fingerprint density at radius 1 is 0.842 bits per heavy atom. The number of halogens is 4. The highest BCUT2D eigenvalue weighted by Crippen LogP contribution is 2.24. The molecule has 0 saturated heterocycles. The molecular formula is C14H11F4N. The van der Waals surface area contributed by atoms with Crippen LogP contribution in [0.4, 0.5) is 17.6 Å². The molecule has 0 heterocycles. The summed E-state index contributed by atoms with van der Waals surface area (Å²) < 4.78 is 52.5. The molecule has 2 aromatic carbocycles. The lowest BCUT2D eigenvalue weighted by molar-refractivity contribution is 0.444. The van der Waals surface area contributed by atoms with E-state index >= 15 is 0 Å². The van der Waals surface area contributed by atoms with Crippen LogP contribution in [-0.4, -0.2) is 0 Å². The molecule has 0 amide bonds. The fourth-order valence-corrected chi connectivity index (χ4v) is 1.75. The maximum Gasteiger partial charge on any atom is 0.194 e. The standard InChI is InChI=1S/C14H11F4N/c1-7-2-3-8(4-10(7)15)14(19)9-5-11(16)13(18)12(17)6-9/h2-6,14H,19H2,1H3. The summed E-state index contributed by atoms with van der Waals surface area (Å²) in [6.07, 6.45) is 0. The van der Waals surface area contributed by atoms with E-state index in [4.69, 9.17) is 5.73 Å². The number of hydrogen-bond donors (Lipinski definition) is 1. The Morgan fingerprint density at radius 3 is 1.89 bits per heavy atom. The fourth-order valence-electron chi connectivity index (χ4n) is 1.75. The van der Waals surface area contributed by atoms with Crippen LogP contribution in [0.15, 0.2) is 30.3 Å². The van der Waals surface area contributed by atoms with Crippen LogP contribution in [0, 0.1) is 30.2 Å². The lowest BCUT2D eigenvalue weighted by Gasteiger charge is -2.14. The molecule has 2 N–H and O–H groups in total. The zero-order valence-electron chi connectivity index (χ0n) is 10.1. The maximum absolute atomic E-state index is 13.4. The van der Waals surface area contributed by atoms with Crippen LogP contribution < -0.4 is 5.73 Å². The van der Waals surface area contributed by atoms with Crippen molar-refractivity contribution in [1.82, 2.24) is 0 Å². The van der Waals surface area contributed by atoms with Gasteiger partial charge in [0.1, 0.15) is 5.82 Å². The van der Waals surface area contributed by atoms with Crippen LogP contribution in [0.5, 0.6) is 0 Å². The molecule has 0 spiro atoms. The van der Waals surface area contributed by atoms with Gasteiger partial charge in [0.15, 0.2) is 17.5 Å². The molecule has 19 heavy (non-hydrogen) atoms. The van der Waals surface area contributed by atoms with E-state index in [1.807, 2.05) is 0 Å². The van der Waals surface area contributed by atoms with E-state index in [2.05, 4.69) is 0 Å². The largest absolute Gasteiger partial charge is 0.320 e. The first-order valence-electron chi connectivity index (χ1n) is 5.56. The summed E-state index contributed by atoms with van der Waals surface area (Å²) in [5.74, 6) is -4.65. The van der Waals surface area contributed by atoms with E-state index in [0.717, 1.165) is 12.1 Å². The van der Waals surface area contributed by atoms with Gasteiger partial charge in [0.25, 0.3) is 0 Å². The van der Waals surface area contributed by atoms with E-state index in [-0.39, 0.29) is 5.56 Å². The molecule has 0 radical (unpaired) electrons. The summed E-state index contributed by atoms with van der Waals surface area (Å²) in [7, 11) is 0. The minimum Gasteiger partial charge on any atom is -0.320 e. The Morgan fingerprint density at radius 2 is 1.37 bits per heavy atom. The third kappa shape index (κ3) is 2.61. The van der Waals surface area contributed by atoms with Crippen molar-refractivity contribution in [2.45, 2.75) is 13.0 Å². The Hall–Kier alpha value is -1.88. The highest BCUT2D eigenvalue weighted by Gasteiger charge is 2.16. The molecule has 0 bridgehead atoms. The first-order valence-corrected chi connectivity index (χ1v) is 5.56. The summed E-state index contributed by atoms with van der Waals surface area (Å²) >= 11 is 0. The van der Waals surface area contributed by atoms with Gasteiger partial charge in [-0.05, 0) is 41.8 Å². The Bertz CT molecular complexity index is 602. The zero-order chi connectivity index (χ0) is 14.2. The van der Waals surface area contributed by atoms with Gasteiger partial charge in [-0.2, -0.15) is 0 Å². The molecule has 0 fully saturated rings. The van der Waals surface area contributed by atoms with Crippen LogP contribution in [0.2, 0.25) is 0 Å². The Balaban J connectivity index is 2.43. The van der Waals surface area contributed by atoms with Gasteiger partial charge < -0.3 is 5.73 Å². The molecule has 0 aliphatic heterocycles. The van der Waals surface area contributed by atoms with Crippen molar-refractivity contribution >= 4 is 0 Å². The van der Waals surface area contributed by atoms with Crippen molar-refractivity contribution in [1.29, 1.82) is 0 Å². The van der Waals surface area contributed by atoms with Crippen molar-refractivity contribution in [2.75, 3.05) is 0 Å². The van der Waals surface area contributed by atoms with Gasteiger partial charge in [0, 0.05) is 0 Å². The number of rotatable bonds is 2. The SMILES string of the molecule is Cc1ccc(C(N)c2cc(F)c(F)c(F)c2)cc1F. The third-order valence-electron chi connectivity index (χ3n) is 2.92. The van der Waals surface area contributed by atoms with Gasteiger partial charge >= 0.3 is 0 Å². The summed E-state index contributed by atoms with van der Waals surface area (Å²) in [5.41, 5.74) is 6.63. The molecule has 1 atom stereocenters. The van der Waals surface area contributed by atoms with Crippen LogP contribution in [-0.2, 0) is 0 Å². The molecule has 1 nitrogen and oxygen atoms in total. The van der Waals surface area contributed by atoms with E-state index in [9.17, 15) is 17.6 Å². The molecular weight excluding hydrogens is 258 g/mol. The van der Waals surface area contributed by atoms with Crippen molar-refractivity contribution in [2.24, 2.45) is 5.73 Å². The third-order valence-corrected chi connectivity index (χ3v) is 2.92. The summed E-state index contributed by atoms with van der Waals surface area (Å²) in [4.78, 5) is 0. The number of aryl methyl sites for hydroxylation is 1. The summed E-state index contributed by atoms with van der Waals surface area (Å²) in [6, 6.07) is 4.95. The van der Waals surface area contributed by atoms with Crippen LogP contribution in [0.25, 0.3) is 0 Å². The van der Waals surface area contributed by atoms with E-state index in [1.54, 1.807) is 13.0 Å². The lowest BCUT2D eigenvalue weighted by atomic mass is 9.98. The summed E-state index contributed by atoms with van der Waals surface area (Å²) in [5, 5.41) is 0. The second kappa shape index (κ2) is 5.01. The molecule has 0 aliphatic rings. The lowest BCUT2D eigenvalue weighted by Crippen LogP contribution is -2.13. The zero-order valence-corrected chi connectivity index (χ0v) is 10.1. The first kappa shape index (κ1) is 13.5. The smallest absolute Gasteiger partial charge is 0.194 e. The van der Waals surface area contributed by atoms with Crippen LogP contribution >= 0.6 is 0 Å². The number of benzene rings is 2. The highest BCUT2D eigenvalue weighted by molar-refractivity contribution is 5.34. The van der Waals surface area contributed by atoms with Crippen LogP contribution in [0.1, 0.15) is 22.7 Å². The molecule has 2 rings (SSSR count). The molecule has 2 aromatic rings. The Labute approximate surface area is 107 Å². The number of hydrogen-bond acceptors (Lipinski definition) is 1. The number of nitrogens with two attached hydrogens (primary N) is 1. The van der Waals surface area contributed by atoms with E-state index in [0.29, 0.717) is 11.1 Å². The minimum absolute atomic E-state index is 0.0413. The summed E-state index contributed by atoms with van der Waals surface area (Å²) in [6.45, 7) is 1.59. The Kier molecular flexibility index (Phi) is 3.57. The van der Waals surface area contributed by atoms with E-state index in [1.165, 1.54) is 12.1 Å². The van der Waals surface area contributed by atoms with Crippen molar-refractivity contribution in [3.63, 3.8) is 0 Å². The van der Waals surface area contributed by atoms with Crippen LogP contribution in [0.3, 0.4) is 0 Å². The first-order chi connectivity index (χ1) is 8.90. The van der Waals surface area contributed by atoms with Gasteiger partial charge in [0.2, 0.25) is 0 Å². The predicted molar refractivity (Wildman–Crippen MR) is 63.5 cm³/mol. The normalized spacial score (nSPS) is 12.5. The minimum atomic E-state index is -1.55. The van der Waals surface area contributed by atoms with Gasteiger partial charge in [0.05, 0.1) is 6.04 Å². The van der Waals surface area contributed by atoms with E-state index < -0.39 is 29.3 Å². The maximum atomic E-state index is 13.4. The molecule has 0 aliphatic carbocycles. The second-order valence-corrected chi connectivity index (χ2v) is 4.28. The monoisotopic (exact) mass is 269 g/mol. The second-order valence-electron chi connectivity index (χ2n) is 4.28. The quantitative estimate of drug-likeness (QED) is 0.654. The van der Waals surface area contributed by atoms with Gasteiger partial charge in [-0.15, -0.1) is 0 Å². The van der Waals surface area contributed by atoms with Crippen molar-refractivity contribution < 1.29 is 17.6 Å². The molecule has 0 saturated carbocycles. The molecule has 100 valence electrons. The van der Waals surface area contributed by atoms with Crippen molar-refractivity contribution in [3.8, 4) is 0 Å². The molecule has 1 unspecified atom stereocenters. The fraction of sp³-hybridized carbons (Fsp3) is 0.143. The van der Waals surface area contributed by atoms with Gasteiger partial charge in [-0.1, -0.05) is 12.1 Å². The van der Waals surface area contributed by atoms with Crippen molar-refractivity contribution in [3.05, 3.63) is 70.3 Å². The average Bonchev–Trinajstić information content (AvgIpc) is 2.37. The van der Waals surface area contributed by atoms with Gasteiger partial charge in [-0.3, -0.25) is 0 Å². The van der Waals surface area contributed by atoms with Gasteiger partial charge in [-0.25, -0.2) is 17.6 Å². The molecule has 5 heteroatoms. The topological polar surface area (TPSA) is 26.0 Å². The average molecular weight is 269 g/mol. The highest BCUT2D eigenvalue weighted by atomic mass is 19.2. The molecule has 0 aromatic heterocycles. The predicted octanol–water partition coefficient (Wildman–Crippen LogP) is 3.60.